The fourth-order valence-corrected chi connectivity index (χ4v) is 5.35. The van der Waals surface area contributed by atoms with E-state index in [4.69, 9.17) is 0 Å². The predicted octanol–water partition coefficient (Wildman–Crippen LogP) is 5.11. The minimum Gasteiger partial charge on any atom is -0.367 e. The van der Waals surface area contributed by atoms with Crippen molar-refractivity contribution in [2.24, 2.45) is 0 Å². The molecule has 0 bridgehead atoms. The zero-order valence-electron chi connectivity index (χ0n) is 16.9. The molecule has 3 aromatic rings. The molecule has 0 aliphatic heterocycles. The van der Waals surface area contributed by atoms with Crippen molar-refractivity contribution in [3.63, 3.8) is 0 Å². The molecule has 4 rings (SSSR count). The molecular weight excluding hydrogens is 368 g/mol. The highest BCUT2D eigenvalue weighted by molar-refractivity contribution is 7.25. The molecule has 1 fully saturated rings. The molecule has 0 saturated heterocycles. The van der Waals surface area contributed by atoms with Gasteiger partial charge in [-0.15, -0.1) is 11.3 Å². The standard InChI is InChI=1S/C22H28N4OS/c1-4-6-17(27)16-7-5-8-18-19(16)20-21(23-13-24-22(20)28-18)25-14-9-11-15(12-10-14)26(2)3/h5,7-8,13-15H,4,6,9-12H2,1-3H3,(H,23,24,25). The third-order valence-corrected chi connectivity index (χ3v) is 6.90. The normalized spacial score (nSPS) is 20.1. The Morgan fingerprint density at radius 1 is 1.18 bits per heavy atom. The molecule has 2 aromatic heterocycles. The number of aromatic nitrogens is 2. The molecule has 1 aliphatic rings. The molecule has 0 atom stereocenters. The number of Topliss-reactive ketones (excluding diaryl/α,β-unsaturated/α-hetero) is 1. The van der Waals surface area contributed by atoms with Crippen LogP contribution in [0.2, 0.25) is 0 Å². The van der Waals surface area contributed by atoms with Gasteiger partial charge in [0.05, 0.1) is 5.39 Å². The van der Waals surface area contributed by atoms with Crippen LogP contribution in [0.15, 0.2) is 24.5 Å². The molecule has 28 heavy (non-hydrogen) atoms. The lowest BCUT2D eigenvalue weighted by Gasteiger charge is -2.33. The highest BCUT2D eigenvalue weighted by atomic mass is 32.1. The van der Waals surface area contributed by atoms with Crippen LogP contribution in [0.5, 0.6) is 0 Å². The van der Waals surface area contributed by atoms with Gasteiger partial charge in [-0.3, -0.25) is 4.79 Å². The van der Waals surface area contributed by atoms with E-state index in [1.807, 2.05) is 19.1 Å². The van der Waals surface area contributed by atoms with Crippen molar-refractivity contribution < 1.29 is 4.79 Å². The Hall–Kier alpha value is -2.05. The monoisotopic (exact) mass is 396 g/mol. The Kier molecular flexibility index (Phi) is 5.60. The highest BCUT2D eigenvalue weighted by Gasteiger charge is 2.24. The summed E-state index contributed by atoms with van der Waals surface area (Å²) in [6, 6.07) is 7.09. The lowest BCUT2D eigenvalue weighted by atomic mass is 9.90. The molecule has 1 aliphatic carbocycles. The molecule has 0 spiro atoms. The Morgan fingerprint density at radius 3 is 2.68 bits per heavy atom. The van der Waals surface area contributed by atoms with E-state index in [1.54, 1.807) is 17.7 Å². The second kappa shape index (κ2) is 8.13. The maximum absolute atomic E-state index is 12.7. The molecule has 1 saturated carbocycles. The Bertz CT molecular complexity index is 989. The summed E-state index contributed by atoms with van der Waals surface area (Å²) in [4.78, 5) is 25.1. The van der Waals surface area contributed by atoms with Crippen molar-refractivity contribution in [1.29, 1.82) is 0 Å². The van der Waals surface area contributed by atoms with Gasteiger partial charge in [0.15, 0.2) is 5.78 Å². The second-order valence-electron chi connectivity index (χ2n) is 7.97. The van der Waals surface area contributed by atoms with E-state index in [9.17, 15) is 4.79 Å². The quantitative estimate of drug-likeness (QED) is 0.587. The summed E-state index contributed by atoms with van der Waals surface area (Å²) < 4.78 is 1.11. The topological polar surface area (TPSA) is 58.1 Å². The molecule has 1 aromatic carbocycles. The van der Waals surface area contributed by atoms with Gasteiger partial charge in [-0.2, -0.15) is 0 Å². The number of nitrogens with one attached hydrogen (secondary N) is 1. The molecule has 0 amide bonds. The third-order valence-electron chi connectivity index (χ3n) is 5.84. The van der Waals surface area contributed by atoms with E-state index >= 15 is 0 Å². The van der Waals surface area contributed by atoms with E-state index in [0.29, 0.717) is 18.5 Å². The van der Waals surface area contributed by atoms with Gasteiger partial charge in [0.2, 0.25) is 0 Å². The second-order valence-corrected chi connectivity index (χ2v) is 9.00. The first kappa shape index (κ1) is 19.3. The largest absolute Gasteiger partial charge is 0.367 e. The van der Waals surface area contributed by atoms with Crippen LogP contribution in [-0.2, 0) is 0 Å². The van der Waals surface area contributed by atoms with Crippen LogP contribution in [-0.4, -0.2) is 46.8 Å². The van der Waals surface area contributed by atoms with Crippen LogP contribution in [0.25, 0.3) is 20.3 Å². The molecule has 0 radical (unpaired) electrons. The van der Waals surface area contributed by atoms with E-state index < -0.39 is 0 Å². The number of hydrogen-bond donors (Lipinski definition) is 1. The zero-order valence-corrected chi connectivity index (χ0v) is 17.7. The average Bonchev–Trinajstić information content (AvgIpc) is 3.08. The predicted molar refractivity (Wildman–Crippen MR) is 118 cm³/mol. The zero-order chi connectivity index (χ0) is 19.7. The van der Waals surface area contributed by atoms with Crippen LogP contribution < -0.4 is 5.32 Å². The lowest BCUT2D eigenvalue weighted by Crippen LogP contribution is -2.36. The van der Waals surface area contributed by atoms with Crippen LogP contribution in [0.4, 0.5) is 5.82 Å². The smallest absolute Gasteiger partial charge is 0.163 e. The Balaban J connectivity index is 1.71. The number of rotatable bonds is 6. The summed E-state index contributed by atoms with van der Waals surface area (Å²) in [6.45, 7) is 2.05. The van der Waals surface area contributed by atoms with Crippen LogP contribution >= 0.6 is 11.3 Å². The lowest BCUT2D eigenvalue weighted by molar-refractivity contribution is 0.0983. The van der Waals surface area contributed by atoms with Crippen molar-refractivity contribution in [2.45, 2.75) is 57.5 Å². The number of hydrogen-bond acceptors (Lipinski definition) is 6. The molecule has 148 valence electrons. The van der Waals surface area contributed by atoms with E-state index in [-0.39, 0.29) is 5.78 Å². The van der Waals surface area contributed by atoms with Gasteiger partial charge in [-0.1, -0.05) is 19.1 Å². The maximum atomic E-state index is 12.7. The van der Waals surface area contributed by atoms with Gasteiger partial charge in [-0.05, 0) is 52.3 Å². The summed E-state index contributed by atoms with van der Waals surface area (Å²) >= 11 is 1.64. The van der Waals surface area contributed by atoms with Crippen LogP contribution in [0.3, 0.4) is 0 Å². The molecule has 5 nitrogen and oxygen atoms in total. The number of benzene rings is 1. The first-order chi connectivity index (χ1) is 13.6. The SMILES string of the molecule is CCCC(=O)c1cccc2sc3ncnc(NC4CCC(N(C)C)CC4)c3c12. The van der Waals surface area contributed by atoms with Gasteiger partial charge in [0.25, 0.3) is 0 Å². The fourth-order valence-electron chi connectivity index (χ4n) is 4.28. The Labute approximate surface area is 170 Å². The average molecular weight is 397 g/mol. The first-order valence-electron chi connectivity index (χ1n) is 10.2. The van der Waals surface area contributed by atoms with E-state index in [1.165, 1.54) is 12.8 Å². The minimum atomic E-state index is 0.203. The van der Waals surface area contributed by atoms with Gasteiger partial charge in [0, 0.05) is 34.2 Å². The number of thiophene rings is 1. The highest BCUT2D eigenvalue weighted by Crippen LogP contribution is 2.39. The van der Waals surface area contributed by atoms with Crippen LogP contribution in [0, 0.1) is 0 Å². The maximum Gasteiger partial charge on any atom is 0.163 e. The summed E-state index contributed by atoms with van der Waals surface area (Å²) in [5.41, 5.74) is 0.805. The molecule has 6 heteroatoms. The number of ketones is 1. The van der Waals surface area contributed by atoms with Gasteiger partial charge in [0.1, 0.15) is 17.0 Å². The summed E-state index contributed by atoms with van der Waals surface area (Å²) in [7, 11) is 4.33. The number of carbonyl (C=O) groups excluding carboxylic acids is 1. The first-order valence-corrected chi connectivity index (χ1v) is 11.0. The van der Waals surface area contributed by atoms with Gasteiger partial charge in [-0.25, -0.2) is 9.97 Å². The minimum absolute atomic E-state index is 0.203. The fraction of sp³-hybridized carbons (Fsp3) is 0.500. The number of anilines is 1. The van der Waals surface area contributed by atoms with E-state index in [0.717, 1.165) is 50.9 Å². The van der Waals surface area contributed by atoms with Gasteiger partial charge >= 0.3 is 0 Å². The number of carbonyl (C=O) groups is 1. The summed E-state index contributed by atoms with van der Waals surface area (Å²) in [5, 5.41) is 5.72. The van der Waals surface area contributed by atoms with E-state index in [2.05, 4.69) is 40.3 Å². The molecular formula is C22H28N4OS. The summed E-state index contributed by atoms with van der Waals surface area (Å²) in [6.07, 6.45) is 7.73. The van der Waals surface area contributed by atoms with Crippen molar-refractivity contribution in [2.75, 3.05) is 19.4 Å². The number of nitrogens with zero attached hydrogens (tertiary/aromatic N) is 3. The van der Waals surface area contributed by atoms with Crippen molar-refractivity contribution in [3.05, 3.63) is 30.1 Å². The molecule has 2 heterocycles. The van der Waals surface area contributed by atoms with Crippen molar-refractivity contribution in [3.8, 4) is 0 Å². The van der Waals surface area contributed by atoms with Crippen molar-refractivity contribution >= 4 is 43.2 Å². The van der Waals surface area contributed by atoms with Gasteiger partial charge < -0.3 is 10.2 Å². The number of fused-ring (bicyclic) bond motifs is 3. The van der Waals surface area contributed by atoms with Crippen LogP contribution in [0.1, 0.15) is 55.8 Å². The molecule has 1 N–H and O–H groups in total. The third kappa shape index (κ3) is 3.63. The molecule has 0 unspecified atom stereocenters. The van der Waals surface area contributed by atoms with Crippen molar-refractivity contribution in [1.82, 2.24) is 14.9 Å². The summed E-state index contributed by atoms with van der Waals surface area (Å²) in [5.74, 6) is 1.08. The Morgan fingerprint density at radius 2 is 1.96 bits per heavy atom.